The Morgan fingerprint density at radius 3 is 1.19 bits per heavy atom. The predicted octanol–water partition coefficient (Wildman–Crippen LogP) is 6.08. The van der Waals surface area contributed by atoms with E-state index < -0.39 is 0 Å². The van der Waals surface area contributed by atoms with Crippen molar-refractivity contribution >= 4 is 75.8 Å². The van der Waals surface area contributed by atoms with Gasteiger partial charge in [-0.3, -0.25) is 0 Å². The molecule has 27 heavy (non-hydrogen) atoms. The van der Waals surface area contributed by atoms with Gasteiger partial charge in [0.2, 0.25) is 0 Å². The summed E-state index contributed by atoms with van der Waals surface area (Å²) in [6.07, 6.45) is 3.15. The minimum absolute atomic E-state index is 0.780. The highest BCUT2D eigenvalue weighted by Gasteiger charge is 2.06. The lowest BCUT2D eigenvalue weighted by Gasteiger charge is -2.13. The molecule has 150 valence electrons. The van der Waals surface area contributed by atoms with E-state index in [1.54, 1.807) is 0 Å². The molecule has 2 rings (SSSR count). The average Bonchev–Trinajstić information content (AvgIpc) is 2.70. The molecule has 0 fully saturated rings. The Kier molecular flexibility index (Phi) is 14.6. The highest BCUT2D eigenvalue weighted by atomic mass is 32.1. The quantitative estimate of drug-likeness (QED) is 0.233. The molecule has 0 aromatic heterocycles. The minimum atomic E-state index is 0.780. The fraction of sp³-hybridized carbons (Fsp3) is 0.429. The molecule has 0 saturated carbocycles. The van der Waals surface area contributed by atoms with Crippen molar-refractivity contribution in [2.45, 2.75) is 36.5 Å². The van der Waals surface area contributed by atoms with Gasteiger partial charge in [0.05, 0.1) is 0 Å². The molecule has 0 atom stereocenters. The fourth-order valence-electron chi connectivity index (χ4n) is 2.94. The molecular formula is C21H30S6. The Balaban J connectivity index is 0.000000277. The van der Waals surface area contributed by atoms with Crippen molar-refractivity contribution in [3.63, 3.8) is 0 Å². The van der Waals surface area contributed by atoms with Crippen LogP contribution in [0.15, 0.2) is 36.4 Å². The van der Waals surface area contributed by atoms with Gasteiger partial charge in [0.1, 0.15) is 0 Å². The van der Waals surface area contributed by atoms with E-state index in [0.717, 1.165) is 53.8 Å². The molecule has 0 aliphatic carbocycles. The van der Waals surface area contributed by atoms with E-state index in [1.165, 1.54) is 33.4 Å². The molecule has 0 nitrogen and oxygen atoms in total. The van der Waals surface area contributed by atoms with Crippen molar-refractivity contribution in [3.8, 4) is 0 Å². The molecule has 0 heterocycles. The van der Waals surface area contributed by atoms with Crippen LogP contribution in [0.2, 0.25) is 0 Å². The van der Waals surface area contributed by atoms with Crippen molar-refractivity contribution in [2.75, 3.05) is 17.3 Å². The lowest BCUT2D eigenvalue weighted by atomic mass is 9.96. The standard InChI is InChI=1S/C12H18S3.C9H12S3/c13-7-4-10-2-1-3-11(5-8-14)12(10)6-9-15;10-4-7-1-8(5-11)3-9(2-7)6-12/h1-3,13-15H,4-9H2;1-3,10-12H,4-6H2. The Labute approximate surface area is 198 Å². The second kappa shape index (κ2) is 15.4. The summed E-state index contributed by atoms with van der Waals surface area (Å²) in [6.45, 7) is 0. The van der Waals surface area contributed by atoms with E-state index in [-0.39, 0.29) is 0 Å². The van der Waals surface area contributed by atoms with Crippen molar-refractivity contribution < 1.29 is 0 Å². The predicted molar refractivity (Wildman–Crippen MR) is 144 cm³/mol. The van der Waals surface area contributed by atoms with Gasteiger partial charge >= 0.3 is 0 Å². The van der Waals surface area contributed by atoms with Gasteiger partial charge in [0.15, 0.2) is 0 Å². The number of benzene rings is 2. The largest absolute Gasteiger partial charge is 0.179 e. The normalized spacial score (nSPS) is 10.4. The van der Waals surface area contributed by atoms with Crippen LogP contribution < -0.4 is 0 Å². The van der Waals surface area contributed by atoms with Gasteiger partial charge in [0.25, 0.3) is 0 Å². The molecular weight excluding hydrogens is 445 g/mol. The molecule has 6 heteroatoms. The lowest BCUT2D eigenvalue weighted by Crippen LogP contribution is -2.03. The van der Waals surface area contributed by atoms with Gasteiger partial charge < -0.3 is 0 Å². The Morgan fingerprint density at radius 1 is 0.519 bits per heavy atom. The monoisotopic (exact) mass is 474 g/mol. The third-order valence-corrected chi connectivity index (χ3v) is 5.92. The second-order valence-electron chi connectivity index (χ2n) is 6.11. The van der Waals surface area contributed by atoms with Crippen LogP contribution in [0, 0.1) is 0 Å². The molecule has 0 saturated heterocycles. The third kappa shape index (κ3) is 9.26. The van der Waals surface area contributed by atoms with Gasteiger partial charge in [-0.05, 0) is 69.9 Å². The number of hydrogen-bond acceptors (Lipinski definition) is 6. The van der Waals surface area contributed by atoms with Gasteiger partial charge in [0, 0.05) is 17.3 Å². The fourth-order valence-corrected chi connectivity index (χ4v) is 4.20. The van der Waals surface area contributed by atoms with Crippen molar-refractivity contribution in [2.24, 2.45) is 0 Å². The van der Waals surface area contributed by atoms with Crippen molar-refractivity contribution in [1.29, 1.82) is 0 Å². The van der Waals surface area contributed by atoms with Crippen LogP contribution in [0.1, 0.15) is 33.4 Å². The molecule has 2 aromatic carbocycles. The maximum atomic E-state index is 4.32. The summed E-state index contributed by atoms with van der Waals surface area (Å²) < 4.78 is 0. The van der Waals surface area contributed by atoms with Crippen molar-refractivity contribution in [1.82, 2.24) is 0 Å². The highest BCUT2D eigenvalue weighted by Crippen LogP contribution is 2.18. The summed E-state index contributed by atoms with van der Waals surface area (Å²) in [5, 5.41) is 0. The average molecular weight is 475 g/mol. The molecule has 0 N–H and O–H groups in total. The first-order valence-corrected chi connectivity index (χ1v) is 12.8. The summed E-state index contributed by atoms with van der Waals surface area (Å²) in [5.74, 6) is 5.06. The first-order chi connectivity index (χ1) is 13.1. The van der Waals surface area contributed by atoms with E-state index >= 15 is 0 Å². The molecule has 0 aliphatic heterocycles. The SMILES string of the molecule is SCCc1cccc(CCS)c1CCS.SCc1cc(CS)cc(CS)c1. The van der Waals surface area contributed by atoms with Crippen LogP contribution in [0.5, 0.6) is 0 Å². The van der Waals surface area contributed by atoms with Crippen LogP contribution in [-0.4, -0.2) is 17.3 Å². The zero-order valence-corrected chi connectivity index (χ0v) is 20.9. The molecule has 0 amide bonds. The molecule has 0 spiro atoms. The first kappa shape index (κ1) is 25.6. The molecule has 0 unspecified atom stereocenters. The van der Waals surface area contributed by atoms with E-state index in [2.05, 4.69) is 112 Å². The summed E-state index contributed by atoms with van der Waals surface area (Å²) >= 11 is 25.6. The van der Waals surface area contributed by atoms with E-state index in [4.69, 9.17) is 0 Å². The van der Waals surface area contributed by atoms with Crippen LogP contribution >= 0.6 is 75.8 Å². The molecule has 2 aromatic rings. The minimum Gasteiger partial charge on any atom is -0.179 e. The van der Waals surface area contributed by atoms with Crippen molar-refractivity contribution in [3.05, 3.63) is 69.8 Å². The van der Waals surface area contributed by atoms with Gasteiger partial charge in [-0.2, -0.15) is 75.8 Å². The molecule has 0 bridgehead atoms. The van der Waals surface area contributed by atoms with Crippen LogP contribution in [0.3, 0.4) is 0 Å². The summed E-state index contributed by atoms with van der Waals surface area (Å²) in [6, 6.07) is 12.9. The second-order valence-corrected chi connectivity index (χ2v) is 8.40. The number of rotatable bonds is 9. The van der Waals surface area contributed by atoms with Gasteiger partial charge in [-0.1, -0.05) is 36.4 Å². The number of hydrogen-bond donors (Lipinski definition) is 6. The lowest BCUT2D eigenvalue weighted by molar-refractivity contribution is 0.999. The summed E-state index contributed by atoms with van der Waals surface area (Å²) in [4.78, 5) is 0. The smallest absolute Gasteiger partial charge is 0.0154 e. The summed E-state index contributed by atoms with van der Waals surface area (Å²) in [7, 11) is 0. The van der Waals surface area contributed by atoms with Gasteiger partial charge in [-0.25, -0.2) is 0 Å². The van der Waals surface area contributed by atoms with Gasteiger partial charge in [-0.15, -0.1) is 0 Å². The third-order valence-electron chi connectivity index (χ3n) is 4.15. The molecule has 0 aliphatic rings. The Hall–Kier alpha value is 0.540. The Morgan fingerprint density at radius 2 is 0.889 bits per heavy atom. The zero-order valence-electron chi connectivity index (χ0n) is 15.5. The maximum Gasteiger partial charge on any atom is 0.0154 e. The maximum absolute atomic E-state index is 4.32. The van der Waals surface area contributed by atoms with E-state index in [1.807, 2.05) is 0 Å². The van der Waals surface area contributed by atoms with Crippen LogP contribution in [0.4, 0.5) is 0 Å². The van der Waals surface area contributed by atoms with Crippen LogP contribution in [0.25, 0.3) is 0 Å². The first-order valence-electron chi connectivity index (χ1n) is 8.99. The summed E-state index contributed by atoms with van der Waals surface area (Å²) in [5.41, 5.74) is 8.06. The van der Waals surface area contributed by atoms with E-state index in [9.17, 15) is 0 Å². The zero-order chi connectivity index (χ0) is 20.1. The number of thiol groups is 6. The highest BCUT2D eigenvalue weighted by molar-refractivity contribution is 7.80. The molecule has 0 radical (unpaired) electrons. The Bertz CT molecular complexity index is 592. The van der Waals surface area contributed by atoms with Crippen LogP contribution in [-0.2, 0) is 36.5 Å². The number of aryl methyl sites for hydroxylation is 2. The van der Waals surface area contributed by atoms with E-state index in [0.29, 0.717) is 0 Å². The topological polar surface area (TPSA) is 0 Å².